The first kappa shape index (κ1) is 20.0. The second-order valence-corrected chi connectivity index (χ2v) is 8.16. The van der Waals surface area contributed by atoms with Gasteiger partial charge in [-0.25, -0.2) is 0 Å². The number of hydrogen-bond acceptors (Lipinski definition) is 1. The standard InChI is InChI=1S/C29H28O/c1-20-5-7-25(17-22(20)3)19-24-8-10-26(11-9-24)27-12-15-28(16-13-27)30-29-14-6-21(2)23(4)18-29/h5-18H,19H2,1-4H3. The molecule has 4 rings (SSSR count). The molecule has 1 heteroatoms. The van der Waals surface area contributed by atoms with Gasteiger partial charge >= 0.3 is 0 Å². The molecule has 0 fully saturated rings. The summed E-state index contributed by atoms with van der Waals surface area (Å²) >= 11 is 0. The quantitative estimate of drug-likeness (QED) is 0.334. The lowest BCUT2D eigenvalue weighted by Gasteiger charge is -2.10. The fourth-order valence-electron chi connectivity index (χ4n) is 3.59. The number of ether oxygens (including phenoxy) is 1. The summed E-state index contributed by atoms with van der Waals surface area (Å²) in [5.41, 5.74) is 10.3. The Labute approximate surface area is 180 Å². The van der Waals surface area contributed by atoms with Crippen LogP contribution in [0.25, 0.3) is 11.1 Å². The average Bonchev–Trinajstić information content (AvgIpc) is 2.75. The molecule has 150 valence electrons. The van der Waals surface area contributed by atoms with Gasteiger partial charge in [0.1, 0.15) is 11.5 Å². The predicted molar refractivity (Wildman–Crippen MR) is 127 cm³/mol. The summed E-state index contributed by atoms with van der Waals surface area (Å²) in [7, 11) is 0. The summed E-state index contributed by atoms with van der Waals surface area (Å²) in [5, 5.41) is 0. The van der Waals surface area contributed by atoms with Gasteiger partial charge in [0.25, 0.3) is 0 Å². The monoisotopic (exact) mass is 392 g/mol. The summed E-state index contributed by atoms with van der Waals surface area (Å²) < 4.78 is 6.01. The molecule has 0 aromatic heterocycles. The second-order valence-electron chi connectivity index (χ2n) is 8.16. The van der Waals surface area contributed by atoms with Crippen molar-refractivity contribution < 1.29 is 4.74 Å². The third-order valence-corrected chi connectivity index (χ3v) is 5.84. The Bertz CT molecular complexity index is 1060. The molecule has 0 N–H and O–H groups in total. The largest absolute Gasteiger partial charge is 0.457 e. The molecular formula is C29H28O. The zero-order chi connectivity index (χ0) is 21.1. The third kappa shape index (κ3) is 4.63. The highest BCUT2D eigenvalue weighted by Gasteiger charge is 2.03. The van der Waals surface area contributed by atoms with Crippen molar-refractivity contribution in [2.75, 3.05) is 0 Å². The smallest absolute Gasteiger partial charge is 0.127 e. The highest BCUT2D eigenvalue weighted by Crippen LogP contribution is 2.27. The lowest BCUT2D eigenvalue weighted by Crippen LogP contribution is -1.91. The first-order chi connectivity index (χ1) is 14.5. The summed E-state index contributed by atoms with van der Waals surface area (Å²) in [6.07, 6.45) is 0.962. The minimum absolute atomic E-state index is 0.855. The second kappa shape index (κ2) is 8.59. The summed E-state index contributed by atoms with van der Waals surface area (Å²) in [5.74, 6) is 1.73. The van der Waals surface area contributed by atoms with E-state index in [2.05, 4.69) is 94.4 Å². The Morgan fingerprint density at radius 3 is 1.57 bits per heavy atom. The highest BCUT2D eigenvalue weighted by atomic mass is 16.5. The summed E-state index contributed by atoms with van der Waals surface area (Å²) in [6.45, 7) is 8.55. The van der Waals surface area contributed by atoms with Crippen molar-refractivity contribution in [2.24, 2.45) is 0 Å². The van der Waals surface area contributed by atoms with Gasteiger partial charge in [0.2, 0.25) is 0 Å². The van der Waals surface area contributed by atoms with Crippen molar-refractivity contribution in [3.63, 3.8) is 0 Å². The van der Waals surface area contributed by atoms with Gasteiger partial charge < -0.3 is 4.74 Å². The molecule has 0 saturated heterocycles. The van der Waals surface area contributed by atoms with Crippen molar-refractivity contribution in [1.29, 1.82) is 0 Å². The molecule has 0 atom stereocenters. The van der Waals surface area contributed by atoms with Crippen molar-refractivity contribution >= 4 is 0 Å². The molecule has 0 heterocycles. The van der Waals surface area contributed by atoms with Crippen molar-refractivity contribution in [3.05, 3.63) is 118 Å². The maximum absolute atomic E-state index is 6.01. The maximum Gasteiger partial charge on any atom is 0.127 e. The van der Waals surface area contributed by atoms with Gasteiger partial charge in [-0.05, 0) is 103 Å². The molecule has 0 radical (unpaired) electrons. The number of hydrogen-bond donors (Lipinski definition) is 0. The van der Waals surface area contributed by atoms with Crippen LogP contribution in [-0.2, 0) is 6.42 Å². The van der Waals surface area contributed by atoms with E-state index in [1.807, 2.05) is 18.2 Å². The zero-order valence-corrected chi connectivity index (χ0v) is 18.2. The van der Waals surface area contributed by atoms with Gasteiger partial charge in [0, 0.05) is 0 Å². The maximum atomic E-state index is 6.01. The Balaban J connectivity index is 1.44. The van der Waals surface area contributed by atoms with Crippen LogP contribution in [0.3, 0.4) is 0 Å². The van der Waals surface area contributed by atoms with E-state index in [1.165, 1.54) is 44.5 Å². The molecule has 1 nitrogen and oxygen atoms in total. The first-order valence-corrected chi connectivity index (χ1v) is 10.5. The predicted octanol–water partition coefficient (Wildman–Crippen LogP) is 7.97. The van der Waals surface area contributed by atoms with E-state index in [-0.39, 0.29) is 0 Å². The lowest BCUT2D eigenvalue weighted by atomic mass is 9.98. The minimum Gasteiger partial charge on any atom is -0.457 e. The topological polar surface area (TPSA) is 9.23 Å². The van der Waals surface area contributed by atoms with Gasteiger partial charge in [0.05, 0.1) is 0 Å². The fraction of sp³-hybridized carbons (Fsp3) is 0.172. The van der Waals surface area contributed by atoms with E-state index >= 15 is 0 Å². The third-order valence-electron chi connectivity index (χ3n) is 5.84. The Morgan fingerprint density at radius 1 is 0.467 bits per heavy atom. The SMILES string of the molecule is Cc1ccc(Cc2ccc(-c3ccc(Oc4ccc(C)c(C)c4)cc3)cc2)cc1C. The number of benzene rings is 4. The van der Waals surface area contributed by atoms with Gasteiger partial charge in [-0.2, -0.15) is 0 Å². The Hall–Kier alpha value is -3.32. The molecule has 0 unspecified atom stereocenters. The van der Waals surface area contributed by atoms with Crippen LogP contribution in [0.4, 0.5) is 0 Å². The lowest BCUT2D eigenvalue weighted by molar-refractivity contribution is 0.482. The van der Waals surface area contributed by atoms with Crippen LogP contribution in [0.1, 0.15) is 33.4 Å². The molecule has 0 aliphatic rings. The molecule has 0 amide bonds. The van der Waals surface area contributed by atoms with Crippen LogP contribution in [0.15, 0.2) is 84.9 Å². The van der Waals surface area contributed by atoms with Crippen LogP contribution in [-0.4, -0.2) is 0 Å². The van der Waals surface area contributed by atoms with Crippen LogP contribution < -0.4 is 4.74 Å². The molecule has 4 aromatic carbocycles. The van der Waals surface area contributed by atoms with Crippen LogP contribution >= 0.6 is 0 Å². The van der Waals surface area contributed by atoms with Crippen LogP contribution in [0.5, 0.6) is 11.5 Å². The first-order valence-electron chi connectivity index (χ1n) is 10.5. The van der Waals surface area contributed by atoms with Gasteiger partial charge in [-0.1, -0.05) is 60.7 Å². The molecule has 0 spiro atoms. The van der Waals surface area contributed by atoms with Gasteiger partial charge in [-0.15, -0.1) is 0 Å². The number of aryl methyl sites for hydroxylation is 4. The summed E-state index contributed by atoms with van der Waals surface area (Å²) in [4.78, 5) is 0. The molecule has 4 aromatic rings. The zero-order valence-electron chi connectivity index (χ0n) is 18.2. The molecule has 0 saturated carbocycles. The van der Waals surface area contributed by atoms with E-state index in [9.17, 15) is 0 Å². The van der Waals surface area contributed by atoms with Crippen molar-refractivity contribution in [1.82, 2.24) is 0 Å². The van der Waals surface area contributed by atoms with E-state index in [0.29, 0.717) is 0 Å². The van der Waals surface area contributed by atoms with E-state index in [0.717, 1.165) is 17.9 Å². The molecule has 0 aliphatic carbocycles. The van der Waals surface area contributed by atoms with E-state index < -0.39 is 0 Å². The molecule has 0 bridgehead atoms. The molecule has 0 aliphatic heterocycles. The van der Waals surface area contributed by atoms with Crippen LogP contribution in [0.2, 0.25) is 0 Å². The van der Waals surface area contributed by atoms with Gasteiger partial charge in [-0.3, -0.25) is 0 Å². The van der Waals surface area contributed by atoms with Crippen molar-refractivity contribution in [3.8, 4) is 22.6 Å². The van der Waals surface area contributed by atoms with Gasteiger partial charge in [0.15, 0.2) is 0 Å². The molecular weight excluding hydrogens is 364 g/mol. The Kier molecular flexibility index (Phi) is 5.72. The highest BCUT2D eigenvalue weighted by molar-refractivity contribution is 5.64. The minimum atomic E-state index is 0.855. The average molecular weight is 393 g/mol. The van der Waals surface area contributed by atoms with E-state index in [4.69, 9.17) is 4.74 Å². The normalized spacial score (nSPS) is 10.8. The summed E-state index contributed by atoms with van der Waals surface area (Å²) in [6, 6.07) is 30.1. The Morgan fingerprint density at radius 2 is 0.967 bits per heavy atom. The molecule has 30 heavy (non-hydrogen) atoms. The van der Waals surface area contributed by atoms with E-state index in [1.54, 1.807) is 0 Å². The number of rotatable bonds is 5. The fourth-order valence-corrected chi connectivity index (χ4v) is 3.59. The van der Waals surface area contributed by atoms with Crippen LogP contribution in [0, 0.1) is 27.7 Å². The van der Waals surface area contributed by atoms with Crippen molar-refractivity contribution in [2.45, 2.75) is 34.1 Å².